The van der Waals surface area contributed by atoms with Crippen LogP contribution in [-0.4, -0.2) is 25.0 Å². The lowest BCUT2D eigenvalue weighted by atomic mass is 9.99. The normalized spacial score (nSPS) is 20.0. The molecular weight excluding hydrogens is 304 g/mol. The Morgan fingerprint density at radius 2 is 1.48 bits per heavy atom. The van der Waals surface area contributed by atoms with E-state index in [1.165, 1.54) is 21.6 Å². The van der Waals surface area contributed by atoms with Crippen molar-refractivity contribution in [2.24, 2.45) is 0 Å². The van der Waals surface area contributed by atoms with Crippen LogP contribution in [0.2, 0.25) is 5.02 Å². The topological polar surface area (TPSA) is 7.68 Å². The second kappa shape index (κ2) is 7.03. The second-order valence-corrected chi connectivity index (χ2v) is 6.60. The van der Waals surface area contributed by atoms with Crippen molar-refractivity contribution in [2.75, 3.05) is 14.1 Å². The SMILES string of the molecule is C[NH+](C)C1C=CC(=C2C=CN(Cc3ccc(Cl)cc3)C=C2)C=C1. The molecule has 1 aliphatic carbocycles. The molecule has 1 heterocycles. The molecule has 0 unspecified atom stereocenters. The lowest BCUT2D eigenvalue weighted by Crippen LogP contribution is -3.09. The zero-order valence-electron chi connectivity index (χ0n) is 13.5. The second-order valence-electron chi connectivity index (χ2n) is 6.16. The molecular formula is C20H22ClN2+. The summed E-state index contributed by atoms with van der Waals surface area (Å²) in [6.45, 7) is 0.852. The first-order valence-corrected chi connectivity index (χ1v) is 8.27. The quantitative estimate of drug-likeness (QED) is 0.897. The molecule has 118 valence electrons. The number of halogens is 1. The van der Waals surface area contributed by atoms with Gasteiger partial charge < -0.3 is 9.80 Å². The Labute approximate surface area is 143 Å². The maximum absolute atomic E-state index is 5.93. The Bertz CT molecular complexity index is 674. The zero-order valence-corrected chi connectivity index (χ0v) is 14.3. The highest BCUT2D eigenvalue weighted by Crippen LogP contribution is 2.20. The Kier molecular flexibility index (Phi) is 4.85. The van der Waals surface area contributed by atoms with Crippen molar-refractivity contribution in [3.63, 3.8) is 0 Å². The van der Waals surface area contributed by atoms with Crippen molar-refractivity contribution in [2.45, 2.75) is 12.6 Å². The van der Waals surface area contributed by atoms with Gasteiger partial charge in [-0.3, -0.25) is 0 Å². The number of benzene rings is 1. The first-order chi connectivity index (χ1) is 11.1. The summed E-state index contributed by atoms with van der Waals surface area (Å²) in [6.07, 6.45) is 17.6. The van der Waals surface area contributed by atoms with Crippen LogP contribution in [0.15, 0.2) is 84.3 Å². The number of hydrogen-bond acceptors (Lipinski definition) is 1. The molecule has 2 aliphatic rings. The summed E-state index contributed by atoms with van der Waals surface area (Å²) in [6, 6.07) is 8.46. The molecule has 0 aromatic heterocycles. The van der Waals surface area contributed by atoms with E-state index in [1.807, 2.05) is 12.1 Å². The van der Waals surface area contributed by atoms with Crippen molar-refractivity contribution in [3.8, 4) is 0 Å². The highest BCUT2D eigenvalue weighted by atomic mass is 35.5. The summed E-state index contributed by atoms with van der Waals surface area (Å²) < 4.78 is 0. The lowest BCUT2D eigenvalue weighted by molar-refractivity contribution is -0.871. The van der Waals surface area contributed by atoms with E-state index in [4.69, 9.17) is 11.6 Å². The molecule has 0 saturated carbocycles. The van der Waals surface area contributed by atoms with E-state index >= 15 is 0 Å². The third kappa shape index (κ3) is 4.04. The molecule has 1 N–H and O–H groups in total. The fourth-order valence-electron chi connectivity index (χ4n) is 2.67. The number of hydrogen-bond donors (Lipinski definition) is 1. The van der Waals surface area contributed by atoms with E-state index in [-0.39, 0.29) is 0 Å². The molecule has 3 heteroatoms. The van der Waals surface area contributed by atoms with Gasteiger partial charge in [0, 0.05) is 24.0 Å². The molecule has 1 aliphatic heterocycles. The monoisotopic (exact) mass is 325 g/mol. The molecule has 0 fully saturated rings. The van der Waals surface area contributed by atoms with E-state index < -0.39 is 0 Å². The predicted octanol–water partition coefficient (Wildman–Crippen LogP) is 3.12. The molecule has 0 saturated heterocycles. The summed E-state index contributed by atoms with van der Waals surface area (Å²) in [7, 11) is 4.35. The third-order valence-corrected chi connectivity index (χ3v) is 4.39. The number of quaternary nitrogens is 1. The van der Waals surface area contributed by atoms with Crippen LogP contribution in [0.1, 0.15) is 5.56 Å². The summed E-state index contributed by atoms with van der Waals surface area (Å²) in [5.41, 5.74) is 3.76. The summed E-state index contributed by atoms with van der Waals surface area (Å²) in [5, 5.41) is 0.777. The van der Waals surface area contributed by atoms with Gasteiger partial charge in [0.25, 0.3) is 0 Å². The average Bonchev–Trinajstić information content (AvgIpc) is 2.58. The van der Waals surface area contributed by atoms with Gasteiger partial charge in [-0.1, -0.05) is 35.9 Å². The van der Waals surface area contributed by atoms with Gasteiger partial charge in [-0.25, -0.2) is 0 Å². The van der Waals surface area contributed by atoms with Crippen molar-refractivity contribution >= 4 is 11.6 Å². The van der Waals surface area contributed by atoms with Crippen molar-refractivity contribution in [1.29, 1.82) is 0 Å². The van der Waals surface area contributed by atoms with Crippen LogP contribution in [0.4, 0.5) is 0 Å². The first-order valence-electron chi connectivity index (χ1n) is 7.89. The number of allylic oxidation sites excluding steroid dienone is 6. The van der Waals surface area contributed by atoms with Gasteiger partial charge in [-0.2, -0.15) is 0 Å². The maximum Gasteiger partial charge on any atom is 0.125 e. The Morgan fingerprint density at radius 3 is 2.04 bits per heavy atom. The van der Waals surface area contributed by atoms with E-state index in [0.29, 0.717) is 6.04 Å². The molecule has 3 rings (SSSR count). The summed E-state index contributed by atoms with van der Waals surface area (Å²) in [4.78, 5) is 3.60. The fourth-order valence-corrected chi connectivity index (χ4v) is 2.79. The van der Waals surface area contributed by atoms with E-state index in [9.17, 15) is 0 Å². The van der Waals surface area contributed by atoms with Crippen LogP contribution < -0.4 is 4.90 Å². The maximum atomic E-state index is 5.93. The van der Waals surface area contributed by atoms with E-state index in [0.717, 1.165) is 11.6 Å². The van der Waals surface area contributed by atoms with Gasteiger partial charge in [-0.15, -0.1) is 0 Å². The van der Waals surface area contributed by atoms with Gasteiger partial charge in [0.05, 0.1) is 14.1 Å². The highest BCUT2D eigenvalue weighted by molar-refractivity contribution is 6.30. The zero-order chi connectivity index (χ0) is 16.2. The minimum Gasteiger partial charge on any atom is -0.350 e. The van der Waals surface area contributed by atoms with Crippen LogP contribution >= 0.6 is 11.6 Å². The predicted molar refractivity (Wildman–Crippen MR) is 97.2 cm³/mol. The van der Waals surface area contributed by atoms with Gasteiger partial charge >= 0.3 is 0 Å². The molecule has 1 aromatic rings. The van der Waals surface area contributed by atoms with Gasteiger partial charge in [0.15, 0.2) is 0 Å². The van der Waals surface area contributed by atoms with Crippen LogP contribution in [-0.2, 0) is 6.54 Å². The molecule has 0 atom stereocenters. The largest absolute Gasteiger partial charge is 0.350 e. The van der Waals surface area contributed by atoms with Crippen molar-refractivity contribution in [3.05, 3.63) is 94.9 Å². The molecule has 1 aromatic carbocycles. The van der Waals surface area contributed by atoms with Crippen LogP contribution in [0, 0.1) is 0 Å². The number of likely N-dealkylation sites (N-methyl/N-ethyl adjacent to an activating group) is 1. The number of nitrogens with zero attached hydrogens (tertiary/aromatic N) is 1. The first kappa shape index (κ1) is 15.9. The Morgan fingerprint density at radius 1 is 0.913 bits per heavy atom. The lowest BCUT2D eigenvalue weighted by Gasteiger charge is -2.21. The smallest absolute Gasteiger partial charge is 0.125 e. The Balaban J connectivity index is 1.66. The van der Waals surface area contributed by atoms with Gasteiger partial charge in [0.2, 0.25) is 0 Å². The minimum absolute atomic E-state index is 0.470. The molecule has 0 radical (unpaired) electrons. The highest BCUT2D eigenvalue weighted by Gasteiger charge is 2.12. The van der Waals surface area contributed by atoms with Crippen LogP contribution in [0.3, 0.4) is 0 Å². The summed E-state index contributed by atoms with van der Waals surface area (Å²) in [5.74, 6) is 0. The molecule has 0 amide bonds. The third-order valence-electron chi connectivity index (χ3n) is 4.14. The molecule has 2 nitrogen and oxygen atoms in total. The van der Waals surface area contributed by atoms with E-state index in [2.05, 4.69) is 80.0 Å². The fraction of sp³-hybridized carbons (Fsp3) is 0.200. The standard InChI is InChI=1S/C20H21ClN2/c1-22(2)20-9-5-17(6-10-20)18-11-13-23(14-12-18)15-16-3-7-19(21)8-4-16/h3-14,20H,15H2,1-2H3/p+1. The molecule has 0 spiro atoms. The van der Waals surface area contributed by atoms with Crippen molar-refractivity contribution < 1.29 is 4.90 Å². The minimum atomic E-state index is 0.470. The van der Waals surface area contributed by atoms with Crippen molar-refractivity contribution in [1.82, 2.24) is 4.90 Å². The summed E-state index contributed by atoms with van der Waals surface area (Å²) >= 11 is 5.93. The Hall–Kier alpha value is -2.03. The van der Waals surface area contributed by atoms with E-state index in [1.54, 1.807) is 0 Å². The van der Waals surface area contributed by atoms with Crippen LogP contribution in [0.5, 0.6) is 0 Å². The van der Waals surface area contributed by atoms with Crippen LogP contribution in [0.25, 0.3) is 0 Å². The average molecular weight is 326 g/mol. The van der Waals surface area contributed by atoms with Gasteiger partial charge in [0.1, 0.15) is 6.04 Å². The molecule has 0 bridgehead atoms. The molecule has 23 heavy (non-hydrogen) atoms. The number of nitrogens with one attached hydrogen (secondary N) is 1. The number of rotatable bonds is 3. The van der Waals surface area contributed by atoms with Gasteiger partial charge in [-0.05, 0) is 53.1 Å².